The van der Waals surface area contributed by atoms with Crippen LogP contribution in [-0.2, 0) is 17.8 Å². The van der Waals surface area contributed by atoms with Crippen LogP contribution >= 0.6 is 23.2 Å². The van der Waals surface area contributed by atoms with E-state index in [1.54, 1.807) is 48.5 Å². The number of methoxy groups -OCH3 is 1. The van der Waals surface area contributed by atoms with Crippen molar-refractivity contribution in [2.45, 2.75) is 13.1 Å². The summed E-state index contributed by atoms with van der Waals surface area (Å²) in [6.07, 6.45) is 1.38. The van der Waals surface area contributed by atoms with Crippen molar-refractivity contribution in [1.29, 1.82) is 0 Å². The van der Waals surface area contributed by atoms with Gasteiger partial charge in [-0.3, -0.25) is 14.2 Å². The van der Waals surface area contributed by atoms with Gasteiger partial charge in [0.25, 0.3) is 5.56 Å². The first-order chi connectivity index (χ1) is 15.4. The molecule has 2 aromatic heterocycles. The molecule has 0 radical (unpaired) electrons. The van der Waals surface area contributed by atoms with E-state index in [0.717, 1.165) is 4.57 Å². The van der Waals surface area contributed by atoms with Crippen LogP contribution in [0.1, 0.15) is 10.4 Å². The summed E-state index contributed by atoms with van der Waals surface area (Å²) >= 11 is 11.9. The molecule has 2 heterocycles. The minimum Gasteiger partial charge on any atom is -0.383 e. The summed E-state index contributed by atoms with van der Waals surface area (Å²) in [4.78, 5) is 43.5. The third-order valence-corrected chi connectivity index (χ3v) is 5.49. The fourth-order valence-electron chi connectivity index (χ4n) is 3.38. The predicted octanol–water partition coefficient (Wildman–Crippen LogP) is 3.19. The number of hydrogen-bond acceptors (Lipinski definition) is 5. The first kappa shape index (κ1) is 22.0. The van der Waals surface area contributed by atoms with Gasteiger partial charge in [0, 0.05) is 22.7 Å². The molecule has 4 aromatic rings. The Morgan fingerprint density at radius 1 is 1.00 bits per heavy atom. The standard InChI is InChI=1S/C22H18Cl2N4O4/c1-32-11-10-27-21(30)19-20(28(22(27)31)17-8-6-16(24)7-9-17)25-13-26(19)12-18(29)14-2-4-15(23)5-3-14/h2-9,13H,10-12H2,1H3. The number of benzene rings is 2. The number of ether oxygens (including phenoxy) is 1. The van der Waals surface area contributed by atoms with Crippen LogP contribution in [0.3, 0.4) is 0 Å². The molecular formula is C22H18Cl2N4O4. The molecule has 0 saturated carbocycles. The molecule has 0 saturated heterocycles. The Labute approximate surface area is 192 Å². The molecule has 0 aliphatic heterocycles. The molecule has 10 heteroatoms. The van der Waals surface area contributed by atoms with Gasteiger partial charge in [-0.15, -0.1) is 0 Å². The number of carbonyl (C=O) groups is 1. The van der Waals surface area contributed by atoms with E-state index in [4.69, 9.17) is 27.9 Å². The van der Waals surface area contributed by atoms with E-state index in [-0.39, 0.29) is 36.6 Å². The van der Waals surface area contributed by atoms with Crippen LogP contribution in [-0.4, -0.2) is 38.2 Å². The second-order valence-corrected chi connectivity index (χ2v) is 7.89. The average Bonchev–Trinajstić information content (AvgIpc) is 3.18. The molecule has 0 aliphatic rings. The SMILES string of the molecule is COCCn1c(=O)c2c(ncn2CC(=O)c2ccc(Cl)cc2)n(-c2ccc(Cl)cc2)c1=O. The topological polar surface area (TPSA) is 88.1 Å². The molecular weight excluding hydrogens is 455 g/mol. The van der Waals surface area contributed by atoms with Crippen molar-refractivity contribution in [3.63, 3.8) is 0 Å². The van der Waals surface area contributed by atoms with E-state index in [0.29, 0.717) is 21.3 Å². The highest BCUT2D eigenvalue weighted by Crippen LogP contribution is 2.17. The maximum atomic E-state index is 13.2. The molecule has 0 fully saturated rings. The average molecular weight is 473 g/mol. The summed E-state index contributed by atoms with van der Waals surface area (Å²) in [5.41, 5.74) is 0.120. The van der Waals surface area contributed by atoms with Gasteiger partial charge in [0.1, 0.15) is 0 Å². The number of carbonyl (C=O) groups excluding carboxylic acids is 1. The molecule has 32 heavy (non-hydrogen) atoms. The summed E-state index contributed by atoms with van der Waals surface area (Å²) in [6.45, 7) is 0.0869. The summed E-state index contributed by atoms with van der Waals surface area (Å²) in [6, 6.07) is 13.1. The second kappa shape index (κ2) is 9.12. The molecule has 4 rings (SSSR count). The molecule has 0 unspecified atom stereocenters. The Bertz CT molecular complexity index is 1400. The normalized spacial score (nSPS) is 11.2. The van der Waals surface area contributed by atoms with Gasteiger partial charge in [-0.05, 0) is 48.5 Å². The van der Waals surface area contributed by atoms with E-state index in [2.05, 4.69) is 4.98 Å². The van der Waals surface area contributed by atoms with Crippen LogP contribution in [0.15, 0.2) is 64.4 Å². The van der Waals surface area contributed by atoms with E-state index >= 15 is 0 Å². The van der Waals surface area contributed by atoms with Gasteiger partial charge in [-0.1, -0.05) is 23.2 Å². The van der Waals surface area contributed by atoms with Gasteiger partial charge in [0.2, 0.25) is 0 Å². The minimum atomic E-state index is -0.559. The van der Waals surface area contributed by atoms with Gasteiger partial charge in [0.15, 0.2) is 16.9 Å². The number of fused-ring (bicyclic) bond motifs is 1. The van der Waals surface area contributed by atoms with Crippen LogP contribution in [0.5, 0.6) is 0 Å². The fourth-order valence-corrected chi connectivity index (χ4v) is 3.64. The third kappa shape index (κ3) is 4.12. The van der Waals surface area contributed by atoms with Gasteiger partial charge >= 0.3 is 5.69 Å². The molecule has 0 amide bonds. The number of ketones is 1. The van der Waals surface area contributed by atoms with E-state index in [9.17, 15) is 14.4 Å². The van der Waals surface area contributed by atoms with Crippen molar-refractivity contribution < 1.29 is 9.53 Å². The first-order valence-electron chi connectivity index (χ1n) is 9.65. The summed E-state index contributed by atoms with van der Waals surface area (Å²) < 4.78 is 8.91. The van der Waals surface area contributed by atoms with Gasteiger partial charge < -0.3 is 9.30 Å². The molecule has 0 atom stereocenters. The zero-order valence-electron chi connectivity index (χ0n) is 17.0. The molecule has 164 valence electrons. The number of hydrogen-bond donors (Lipinski definition) is 0. The number of halogens is 2. The largest absolute Gasteiger partial charge is 0.383 e. The lowest BCUT2D eigenvalue weighted by Crippen LogP contribution is -2.41. The Hall–Kier alpha value is -3.20. The van der Waals surface area contributed by atoms with Crippen molar-refractivity contribution in [3.8, 4) is 5.69 Å². The number of nitrogens with zero attached hydrogens (tertiary/aromatic N) is 4. The van der Waals surface area contributed by atoms with Gasteiger partial charge in [0.05, 0.1) is 31.7 Å². The van der Waals surface area contributed by atoms with Gasteiger partial charge in [-0.2, -0.15) is 0 Å². The van der Waals surface area contributed by atoms with E-state index in [1.165, 1.54) is 22.6 Å². The Morgan fingerprint density at radius 2 is 1.62 bits per heavy atom. The zero-order chi connectivity index (χ0) is 22.8. The smallest absolute Gasteiger partial charge is 0.337 e. The Morgan fingerprint density at radius 3 is 2.25 bits per heavy atom. The van der Waals surface area contributed by atoms with Crippen LogP contribution in [0.2, 0.25) is 10.0 Å². The summed E-state index contributed by atoms with van der Waals surface area (Å²) in [5.74, 6) is -0.229. The quantitative estimate of drug-likeness (QED) is 0.385. The number of rotatable bonds is 7. The maximum absolute atomic E-state index is 13.2. The Kier molecular flexibility index (Phi) is 6.27. The van der Waals surface area contributed by atoms with Crippen molar-refractivity contribution >= 4 is 40.1 Å². The third-order valence-electron chi connectivity index (χ3n) is 4.98. The molecule has 8 nitrogen and oxygen atoms in total. The minimum absolute atomic E-state index is 0.0496. The lowest BCUT2D eigenvalue weighted by atomic mass is 10.1. The van der Waals surface area contributed by atoms with Crippen molar-refractivity contribution in [1.82, 2.24) is 18.7 Å². The molecule has 0 bridgehead atoms. The van der Waals surface area contributed by atoms with Crippen LogP contribution in [0.4, 0.5) is 0 Å². The molecule has 2 aromatic carbocycles. The van der Waals surface area contributed by atoms with Crippen LogP contribution < -0.4 is 11.2 Å². The monoisotopic (exact) mass is 472 g/mol. The molecule has 0 aliphatic carbocycles. The number of Topliss-reactive ketones (excluding diaryl/α,β-unsaturated/α-hetero) is 1. The second-order valence-electron chi connectivity index (χ2n) is 7.02. The predicted molar refractivity (Wildman–Crippen MR) is 122 cm³/mol. The highest BCUT2D eigenvalue weighted by Gasteiger charge is 2.20. The van der Waals surface area contributed by atoms with Crippen LogP contribution in [0.25, 0.3) is 16.9 Å². The number of aromatic nitrogens is 4. The summed E-state index contributed by atoms with van der Waals surface area (Å²) in [5, 5.41) is 1.02. The van der Waals surface area contributed by atoms with E-state index < -0.39 is 11.2 Å². The molecule has 0 N–H and O–H groups in total. The highest BCUT2D eigenvalue weighted by molar-refractivity contribution is 6.30. The lowest BCUT2D eigenvalue weighted by molar-refractivity contribution is 0.0973. The number of imidazole rings is 1. The van der Waals surface area contributed by atoms with Crippen molar-refractivity contribution in [2.75, 3.05) is 13.7 Å². The highest BCUT2D eigenvalue weighted by atomic mass is 35.5. The lowest BCUT2D eigenvalue weighted by Gasteiger charge is -2.12. The van der Waals surface area contributed by atoms with Crippen molar-refractivity contribution in [2.24, 2.45) is 0 Å². The summed E-state index contributed by atoms with van der Waals surface area (Å²) in [7, 11) is 1.48. The van der Waals surface area contributed by atoms with Gasteiger partial charge in [-0.25, -0.2) is 14.3 Å². The maximum Gasteiger partial charge on any atom is 0.337 e. The zero-order valence-corrected chi connectivity index (χ0v) is 18.5. The first-order valence-corrected chi connectivity index (χ1v) is 10.4. The Balaban J connectivity index is 1.89. The van der Waals surface area contributed by atoms with Crippen molar-refractivity contribution in [3.05, 3.63) is 91.3 Å². The van der Waals surface area contributed by atoms with Crippen LogP contribution in [0, 0.1) is 0 Å². The van der Waals surface area contributed by atoms with E-state index in [1.807, 2.05) is 0 Å². The molecule has 0 spiro atoms. The fraction of sp³-hybridized carbons (Fsp3) is 0.182.